The highest BCUT2D eigenvalue weighted by Gasteiger charge is 2.50. The molecule has 0 radical (unpaired) electrons. The Balaban J connectivity index is 2.79. The molecule has 0 amide bonds. The Morgan fingerprint density at radius 3 is 2.69 bits per heavy atom. The first kappa shape index (κ1) is 13.5. The summed E-state index contributed by atoms with van der Waals surface area (Å²) in [5.74, 6) is -0.143. The van der Waals surface area contributed by atoms with E-state index in [1.54, 1.807) is 5.06 Å². The third kappa shape index (κ3) is 2.55. The van der Waals surface area contributed by atoms with Crippen molar-refractivity contribution in [2.75, 3.05) is 13.7 Å². The number of hydrogen-bond donors (Lipinski definition) is 0. The van der Waals surface area contributed by atoms with Gasteiger partial charge in [0.05, 0.1) is 12.7 Å². The Morgan fingerprint density at radius 2 is 2.25 bits per heavy atom. The predicted octanol–water partition coefficient (Wildman–Crippen LogP) is 2.13. The van der Waals surface area contributed by atoms with Crippen molar-refractivity contribution in [3.05, 3.63) is 0 Å². The van der Waals surface area contributed by atoms with Crippen LogP contribution < -0.4 is 0 Å². The second-order valence-corrected chi connectivity index (χ2v) is 4.47. The zero-order chi connectivity index (χ0) is 12.2. The summed E-state index contributed by atoms with van der Waals surface area (Å²) in [6.45, 7) is 6.38. The molecule has 1 aliphatic rings. The number of hydroxylamine groups is 2. The van der Waals surface area contributed by atoms with Crippen molar-refractivity contribution >= 4 is 5.97 Å². The number of carbonyl (C=O) groups is 1. The predicted molar refractivity (Wildman–Crippen MR) is 61.8 cm³/mol. The number of carbonyl (C=O) groups excluding carboxylic acids is 1. The van der Waals surface area contributed by atoms with Gasteiger partial charge in [-0.3, -0.25) is 4.84 Å². The molecule has 1 aliphatic heterocycles. The zero-order valence-electron chi connectivity index (χ0n) is 10.8. The Bertz CT molecular complexity index is 244. The lowest BCUT2D eigenvalue weighted by Crippen LogP contribution is -2.49. The molecule has 0 spiro atoms. The van der Waals surface area contributed by atoms with E-state index in [4.69, 9.17) is 9.57 Å². The molecule has 1 heterocycles. The average molecular weight is 229 g/mol. The van der Waals surface area contributed by atoms with E-state index in [0.717, 1.165) is 25.7 Å². The molecule has 1 fully saturated rings. The smallest absolute Gasteiger partial charge is 0.328 e. The third-order valence-electron chi connectivity index (χ3n) is 3.17. The van der Waals surface area contributed by atoms with Crippen molar-refractivity contribution < 1.29 is 14.4 Å². The second kappa shape index (κ2) is 5.64. The molecule has 0 aromatic rings. The van der Waals surface area contributed by atoms with Crippen molar-refractivity contribution in [1.29, 1.82) is 0 Å². The van der Waals surface area contributed by atoms with Crippen LogP contribution in [0.3, 0.4) is 0 Å². The third-order valence-corrected chi connectivity index (χ3v) is 3.17. The van der Waals surface area contributed by atoms with Crippen molar-refractivity contribution in [1.82, 2.24) is 5.06 Å². The summed E-state index contributed by atoms with van der Waals surface area (Å²) in [6.07, 6.45) is 3.71. The lowest BCUT2D eigenvalue weighted by molar-refractivity contribution is -0.191. The fourth-order valence-corrected chi connectivity index (χ4v) is 2.32. The molecule has 0 bridgehead atoms. The van der Waals surface area contributed by atoms with Crippen LogP contribution in [0.1, 0.15) is 46.5 Å². The quantitative estimate of drug-likeness (QED) is 0.677. The number of esters is 1. The average Bonchev–Trinajstić information content (AvgIpc) is 2.52. The van der Waals surface area contributed by atoms with Gasteiger partial charge in [-0.25, -0.2) is 4.79 Å². The minimum absolute atomic E-state index is 0.0891. The molecule has 16 heavy (non-hydrogen) atoms. The summed E-state index contributed by atoms with van der Waals surface area (Å²) in [6, 6.07) is 0. The fraction of sp³-hybridized carbons (Fsp3) is 0.917. The Hall–Kier alpha value is -0.610. The van der Waals surface area contributed by atoms with Gasteiger partial charge in [0.15, 0.2) is 0 Å². The SMILES string of the molecule is CCCCC1(C(=O)OCC)CC(C)ON1C. The van der Waals surface area contributed by atoms with Crippen molar-refractivity contribution in [2.24, 2.45) is 0 Å². The first-order chi connectivity index (χ1) is 7.56. The molecule has 0 N–H and O–H groups in total. The second-order valence-electron chi connectivity index (χ2n) is 4.47. The molecular formula is C12H23NO3. The minimum atomic E-state index is -0.564. The molecule has 94 valence electrons. The van der Waals surface area contributed by atoms with E-state index in [2.05, 4.69) is 6.92 Å². The number of ether oxygens (including phenoxy) is 1. The lowest BCUT2D eigenvalue weighted by Gasteiger charge is -2.31. The number of unbranched alkanes of at least 4 members (excludes halogenated alkanes) is 1. The highest BCUT2D eigenvalue weighted by molar-refractivity contribution is 5.81. The first-order valence-corrected chi connectivity index (χ1v) is 6.14. The van der Waals surface area contributed by atoms with E-state index >= 15 is 0 Å². The van der Waals surface area contributed by atoms with E-state index in [0.29, 0.717) is 6.61 Å². The summed E-state index contributed by atoms with van der Waals surface area (Å²) < 4.78 is 5.18. The maximum absolute atomic E-state index is 12.1. The van der Waals surface area contributed by atoms with Gasteiger partial charge in [-0.2, -0.15) is 5.06 Å². The maximum Gasteiger partial charge on any atom is 0.328 e. The van der Waals surface area contributed by atoms with Crippen LogP contribution in [0.2, 0.25) is 0 Å². The number of hydrogen-bond acceptors (Lipinski definition) is 4. The number of likely N-dealkylation sites (N-methyl/N-ethyl adjacent to an activating group) is 1. The van der Waals surface area contributed by atoms with E-state index in [1.165, 1.54) is 0 Å². The molecule has 0 aliphatic carbocycles. The van der Waals surface area contributed by atoms with Gasteiger partial charge >= 0.3 is 5.97 Å². The molecule has 1 rings (SSSR count). The fourth-order valence-electron chi connectivity index (χ4n) is 2.32. The Kier molecular flexibility index (Phi) is 4.74. The highest BCUT2D eigenvalue weighted by atomic mass is 16.7. The van der Waals surface area contributed by atoms with Crippen LogP contribution in [-0.4, -0.2) is 36.3 Å². The number of rotatable bonds is 5. The summed E-state index contributed by atoms with van der Waals surface area (Å²) in [5.41, 5.74) is -0.564. The standard InChI is InChI=1S/C12H23NO3/c1-5-7-8-12(11(14)15-6-2)9-10(3)16-13(12)4/h10H,5-9H2,1-4H3. The monoisotopic (exact) mass is 229 g/mol. The van der Waals surface area contributed by atoms with Crippen LogP contribution in [0, 0.1) is 0 Å². The maximum atomic E-state index is 12.1. The molecule has 4 nitrogen and oxygen atoms in total. The first-order valence-electron chi connectivity index (χ1n) is 6.14. The van der Waals surface area contributed by atoms with Gasteiger partial charge in [0, 0.05) is 13.5 Å². The zero-order valence-corrected chi connectivity index (χ0v) is 10.8. The van der Waals surface area contributed by atoms with Crippen LogP contribution in [-0.2, 0) is 14.4 Å². The molecule has 0 saturated carbocycles. The van der Waals surface area contributed by atoms with E-state index in [9.17, 15) is 4.79 Å². The van der Waals surface area contributed by atoms with Gasteiger partial charge in [0.2, 0.25) is 0 Å². The number of nitrogens with zero attached hydrogens (tertiary/aromatic N) is 1. The van der Waals surface area contributed by atoms with Gasteiger partial charge in [0.1, 0.15) is 5.54 Å². The Morgan fingerprint density at radius 1 is 1.56 bits per heavy atom. The molecule has 1 saturated heterocycles. The van der Waals surface area contributed by atoms with Gasteiger partial charge in [-0.05, 0) is 20.3 Å². The molecule has 4 heteroatoms. The van der Waals surface area contributed by atoms with Gasteiger partial charge in [-0.1, -0.05) is 19.8 Å². The molecule has 2 unspecified atom stereocenters. The molecule has 2 atom stereocenters. The minimum Gasteiger partial charge on any atom is -0.465 e. The van der Waals surface area contributed by atoms with Crippen LogP contribution >= 0.6 is 0 Å². The van der Waals surface area contributed by atoms with E-state index in [1.807, 2.05) is 20.9 Å². The summed E-state index contributed by atoms with van der Waals surface area (Å²) >= 11 is 0. The topological polar surface area (TPSA) is 38.8 Å². The van der Waals surface area contributed by atoms with Crippen molar-refractivity contribution in [3.63, 3.8) is 0 Å². The van der Waals surface area contributed by atoms with Crippen LogP contribution in [0.5, 0.6) is 0 Å². The summed E-state index contributed by atoms with van der Waals surface area (Å²) in [5, 5.41) is 1.70. The molecular weight excluding hydrogens is 206 g/mol. The van der Waals surface area contributed by atoms with E-state index in [-0.39, 0.29) is 12.1 Å². The lowest BCUT2D eigenvalue weighted by atomic mass is 9.88. The van der Waals surface area contributed by atoms with Crippen LogP contribution in [0.4, 0.5) is 0 Å². The normalized spacial score (nSPS) is 30.6. The Labute approximate surface area is 97.9 Å². The van der Waals surface area contributed by atoms with Crippen LogP contribution in [0.25, 0.3) is 0 Å². The van der Waals surface area contributed by atoms with Gasteiger partial charge in [0.25, 0.3) is 0 Å². The molecule has 0 aromatic heterocycles. The largest absolute Gasteiger partial charge is 0.465 e. The van der Waals surface area contributed by atoms with Crippen LogP contribution in [0.15, 0.2) is 0 Å². The summed E-state index contributed by atoms with van der Waals surface area (Å²) in [7, 11) is 1.83. The van der Waals surface area contributed by atoms with Crippen molar-refractivity contribution in [3.8, 4) is 0 Å². The van der Waals surface area contributed by atoms with E-state index < -0.39 is 5.54 Å². The molecule has 0 aromatic carbocycles. The van der Waals surface area contributed by atoms with Gasteiger partial charge in [-0.15, -0.1) is 0 Å². The highest BCUT2D eigenvalue weighted by Crippen LogP contribution is 2.35. The van der Waals surface area contributed by atoms with Crippen molar-refractivity contribution in [2.45, 2.75) is 58.1 Å². The summed E-state index contributed by atoms with van der Waals surface area (Å²) in [4.78, 5) is 17.7. The van der Waals surface area contributed by atoms with Gasteiger partial charge < -0.3 is 4.74 Å².